The topological polar surface area (TPSA) is 17.1 Å². The Labute approximate surface area is 100 Å². The third kappa shape index (κ3) is 3.16. The van der Waals surface area contributed by atoms with Gasteiger partial charge in [0, 0.05) is 16.3 Å². The van der Waals surface area contributed by atoms with Crippen LogP contribution in [0.25, 0.3) is 0 Å². The molecule has 1 nitrogen and oxygen atoms in total. The lowest BCUT2D eigenvalue weighted by molar-refractivity contribution is -0.126. The molecule has 2 heteroatoms. The van der Waals surface area contributed by atoms with Crippen molar-refractivity contribution in [1.29, 1.82) is 0 Å². The molecule has 0 saturated carbocycles. The Kier molecular flexibility index (Phi) is 4.09. The van der Waals surface area contributed by atoms with E-state index in [2.05, 4.69) is 22.9 Å². The zero-order chi connectivity index (χ0) is 11.5. The first-order valence-corrected chi connectivity index (χ1v) is 6.03. The summed E-state index contributed by atoms with van der Waals surface area (Å²) in [5.41, 5.74) is 0.860. The molecule has 0 aliphatic carbocycles. The normalized spacial score (nSPS) is 11.5. The lowest BCUT2D eigenvalue weighted by Crippen LogP contribution is -2.25. The average molecular weight is 269 g/mol. The van der Waals surface area contributed by atoms with Gasteiger partial charge in [0.05, 0.1) is 0 Å². The fourth-order valence-corrected chi connectivity index (χ4v) is 1.68. The quantitative estimate of drug-likeness (QED) is 0.807. The van der Waals surface area contributed by atoms with Gasteiger partial charge < -0.3 is 0 Å². The van der Waals surface area contributed by atoms with E-state index in [9.17, 15) is 4.79 Å². The van der Waals surface area contributed by atoms with Crippen LogP contribution >= 0.6 is 15.9 Å². The van der Waals surface area contributed by atoms with E-state index < -0.39 is 0 Å². The summed E-state index contributed by atoms with van der Waals surface area (Å²) in [5.74, 6) is 0.303. The maximum Gasteiger partial charge on any atom is 0.142 e. The molecule has 0 spiro atoms. The Balaban J connectivity index is 2.80. The second-order valence-corrected chi connectivity index (χ2v) is 5.28. The van der Waals surface area contributed by atoms with Crippen LogP contribution in [0.15, 0.2) is 28.7 Å². The van der Waals surface area contributed by atoms with Gasteiger partial charge in [-0.3, -0.25) is 4.79 Å². The number of benzene rings is 1. The molecule has 0 aliphatic rings. The van der Waals surface area contributed by atoms with Gasteiger partial charge in [0.1, 0.15) is 5.78 Å². The minimum atomic E-state index is -0.213. The molecule has 0 amide bonds. The van der Waals surface area contributed by atoms with Gasteiger partial charge in [-0.05, 0) is 18.1 Å². The number of ketones is 1. The summed E-state index contributed by atoms with van der Waals surface area (Å²) in [6.45, 7) is 6.07. The van der Waals surface area contributed by atoms with E-state index in [4.69, 9.17) is 0 Å². The third-order valence-corrected chi connectivity index (χ3v) is 3.72. The predicted octanol–water partition coefficient (Wildman–Crippen LogP) is 4.00. The van der Waals surface area contributed by atoms with E-state index in [-0.39, 0.29) is 5.41 Å². The molecule has 0 aromatic heterocycles. The summed E-state index contributed by atoms with van der Waals surface area (Å²) >= 11 is 3.46. The van der Waals surface area contributed by atoms with Crippen LogP contribution in [0.3, 0.4) is 0 Å². The van der Waals surface area contributed by atoms with E-state index in [1.54, 1.807) is 0 Å². The smallest absolute Gasteiger partial charge is 0.142 e. The van der Waals surface area contributed by atoms with Crippen molar-refractivity contribution in [3.8, 4) is 0 Å². The molecular formula is C13H17BrO. The van der Waals surface area contributed by atoms with E-state index in [0.29, 0.717) is 12.2 Å². The minimum Gasteiger partial charge on any atom is -0.299 e. The second kappa shape index (κ2) is 4.93. The van der Waals surface area contributed by atoms with E-state index >= 15 is 0 Å². The van der Waals surface area contributed by atoms with Crippen molar-refractivity contribution in [1.82, 2.24) is 0 Å². The fourth-order valence-electron chi connectivity index (χ4n) is 1.25. The summed E-state index contributed by atoms with van der Waals surface area (Å²) in [7, 11) is 0. The number of carbonyl (C=O) groups is 1. The summed E-state index contributed by atoms with van der Waals surface area (Å²) in [6.07, 6.45) is 1.40. The Morgan fingerprint density at radius 2 is 1.93 bits per heavy atom. The lowest BCUT2D eigenvalue weighted by Gasteiger charge is -2.21. The zero-order valence-electron chi connectivity index (χ0n) is 9.51. The van der Waals surface area contributed by atoms with Crippen LogP contribution < -0.4 is 0 Å². The van der Waals surface area contributed by atoms with Crippen LogP contribution in [0, 0.1) is 5.41 Å². The zero-order valence-corrected chi connectivity index (χ0v) is 11.1. The highest BCUT2D eigenvalue weighted by molar-refractivity contribution is 9.10. The van der Waals surface area contributed by atoms with Crippen molar-refractivity contribution >= 4 is 21.7 Å². The van der Waals surface area contributed by atoms with Crippen molar-refractivity contribution in [2.24, 2.45) is 5.41 Å². The highest BCUT2D eigenvalue weighted by Crippen LogP contribution is 2.25. The largest absolute Gasteiger partial charge is 0.299 e. The summed E-state index contributed by atoms with van der Waals surface area (Å²) < 4.78 is 1.02. The maximum atomic E-state index is 12.0. The van der Waals surface area contributed by atoms with Crippen molar-refractivity contribution < 1.29 is 4.79 Å². The van der Waals surface area contributed by atoms with Gasteiger partial charge in [0.15, 0.2) is 0 Å². The Bertz CT molecular complexity index is 355. The third-order valence-electron chi connectivity index (χ3n) is 2.95. The number of rotatable bonds is 4. The number of Topliss-reactive ketones (excluding diaryl/α,β-unsaturated/α-hetero) is 1. The summed E-state index contributed by atoms with van der Waals surface area (Å²) in [5, 5.41) is 0. The molecule has 0 N–H and O–H groups in total. The molecule has 1 aromatic carbocycles. The monoisotopic (exact) mass is 268 g/mol. The standard InChI is InChI=1S/C13H17BrO/c1-4-13(2,3)12(15)9-10-7-5-6-8-11(10)14/h5-8H,4,9H2,1-3H3. The molecule has 0 bridgehead atoms. The van der Waals surface area contributed by atoms with Crippen LogP contribution in [0.4, 0.5) is 0 Å². The van der Waals surface area contributed by atoms with Crippen molar-refractivity contribution in [3.05, 3.63) is 34.3 Å². The van der Waals surface area contributed by atoms with Crippen molar-refractivity contribution in [3.63, 3.8) is 0 Å². The number of hydrogen-bond donors (Lipinski definition) is 0. The Hall–Kier alpha value is -0.630. The molecule has 0 fully saturated rings. The minimum absolute atomic E-state index is 0.213. The Morgan fingerprint density at radius 1 is 1.33 bits per heavy atom. The molecule has 1 aromatic rings. The number of hydrogen-bond acceptors (Lipinski definition) is 1. The van der Waals surface area contributed by atoms with E-state index in [1.807, 2.05) is 38.1 Å². The highest BCUT2D eigenvalue weighted by Gasteiger charge is 2.25. The van der Waals surface area contributed by atoms with Gasteiger partial charge in [-0.25, -0.2) is 0 Å². The molecule has 0 radical (unpaired) electrons. The maximum absolute atomic E-state index is 12.0. The van der Waals surface area contributed by atoms with Crippen LogP contribution in [0.1, 0.15) is 32.8 Å². The molecule has 1 rings (SSSR count). The second-order valence-electron chi connectivity index (χ2n) is 4.43. The molecule has 0 atom stereocenters. The van der Waals surface area contributed by atoms with Gasteiger partial charge >= 0.3 is 0 Å². The lowest BCUT2D eigenvalue weighted by atomic mass is 9.82. The van der Waals surface area contributed by atoms with Crippen molar-refractivity contribution in [2.75, 3.05) is 0 Å². The van der Waals surface area contributed by atoms with Gasteiger partial charge in [-0.1, -0.05) is 54.9 Å². The number of carbonyl (C=O) groups excluding carboxylic acids is 1. The molecule has 0 saturated heterocycles. The molecule has 82 valence electrons. The van der Waals surface area contributed by atoms with E-state index in [1.165, 1.54) is 0 Å². The number of halogens is 1. The molecule has 0 aliphatic heterocycles. The average Bonchev–Trinajstić information content (AvgIpc) is 2.21. The van der Waals surface area contributed by atoms with Crippen molar-refractivity contribution in [2.45, 2.75) is 33.6 Å². The Morgan fingerprint density at radius 3 is 2.47 bits per heavy atom. The molecule has 15 heavy (non-hydrogen) atoms. The fraction of sp³-hybridized carbons (Fsp3) is 0.462. The first kappa shape index (κ1) is 12.4. The van der Waals surface area contributed by atoms with Crippen LogP contribution in [-0.2, 0) is 11.2 Å². The SMILES string of the molecule is CCC(C)(C)C(=O)Cc1ccccc1Br. The van der Waals surface area contributed by atoms with Gasteiger partial charge in [-0.15, -0.1) is 0 Å². The van der Waals surface area contributed by atoms with Crippen LogP contribution in [0.5, 0.6) is 0 Å². The molecule has 0 unspecified atom stereocenters. The first-order chi connectivity index (χ1) is 6.97. The summed E-state index contributed by atoms with van der Waals surface area (Å²) in [6, 6.07) is 7.89. The molecular weight excluding hydrogens is 252 g/mol. The predicted molar refractivity (Wildman–Crippen MR) is 66.9 cm³/mol. The van der Waals surface area contributed by atoms with Gasteiger partial charge in [-0.2, -0.15) is 0 Å². The van der Waals surface area contributed by atoms with Crippen LogP contribution in [0.2, 0.25) is 0 Å². The van der Waals surface area contributed by atoms with Gasteiger partial charge in [0.2, 0.25) is 0 Å². The van der Waals surface area contributed by atoms with E-state index in [0.717, 1.165) is 16.5 Å². The molecule has 0 heterocycles. The van der Waals surface area contributed by atoms with Crippen LogP contribution in [-0.4, -0.2) is 5.78 Å². The van der Waals surface area contributed by atoms with Gasteiger partial charge in [0.25, 0.3) is 0 Å². The highest BCUT2D eigenvalue weighted by atomic mass is 79.9. The summed E-state index contributed by atoms with van der Waals surface area (Å²) in [4.78, 5) is 12.0. The first-order valence-electron chi connectivity index (χ1n) is 5.24.